The van der Waals surface area contributed by atoms with Crippen LogP contribution in [0.5, 0.6) is 0 Å². The first-order valence-electron chi connectivity index (χ1n) is 39.6. The molecule has 0 saturated heterocycles. The van der Waals surface area contributed by atoms with E-state index in [4.69, 9.17) is 37.0 Å². The lowest BCUT2D eigenvalue weighted by atomic mass is 10.0. The van der Waals surface area contributed by atoms with Crippen molar-refractivity contribution in [3.63, 3.8) is 0 Å². The fourth-order valence-electron chi connectivity index (χ4n) is 11.7. The molecule has 19 heteroatoms. The molecule has 0 aliphatic rings. The van der Waals surface area contributed by atoms with E-state index in [0.29, 0.717) is 25.7 Å². The van der Waals surface area contributed by atoms with Crippen molar-refractivity contribution < 1.29 is 80.2 Å². The van der Waals surface area contributed by atoms with Gasteiger partial charge in [0.1, 0.15) is 19.3 Å². The molecular formula is C76H148O17P2. The smallest absolute Gasteiger partial charge is 0.462 e. The zero-order valence-corrected chi connectivity index (χ0v) is 63.6. The first kappa shape index (κ1) is 93.1. The highest BCUT2D eigenvalue weighted by atomic mass is 31.2. The fourth-order valence-corrected chi connectivity index (χ4v) is 13.3. The van der Waals surface area contributed by atoms with Crippen LogP contribution in [-0.4, -0.2) is 96.7 Å². The third-order valence-electron chi connectivity index (χ3n) is 17.8. The molecule has 0 radical (unpaired) electrons. The summed E-state index contributed by atoms with van der Waals surface area (Å²) in [7, 11) is -9.90. The molecule has 564 valence electrons. The Labute approximate surface area is 581 Å². The number of hydrogen-bond donors (Lipinski definition) is 3. The molecular weight excluding hydrogens is 1250 g/mol. The molecule has 17 nitrogen and oxygen atoms in total. The zero-order valence-electron chi connectivity index (χ0n) is 61.8. The number of aliphatic hydroxyl groups is 1. The summed E-state index contributed by atoms with van der Waals surface area (Å²) < 4.78 is 68.4. The van der Waals surface area contributed by atoms with Gasteiger partial charge in [-0.05, 0) is 31.6 Å². The maximum atomic E-state index is 13.1. The van der Waals surface area contributed by atoms with Crippen molar-refractivity contribution in [2.24, 2.45) is 5.92 Å². The molecule has 0 aliphatic carbocycles. The Hall–Kier alpha value is -1.94. The van der Waals surface area contributed by atoms with Crippen molar-refractivity contribution in [2.75, 3.05) is 39.6 Å². The van der Waals surface area contributed by atoms with E-state index >= 15 is 0 Å². The van der Waals surface area contributed by atoms with E-state index in [1.807, 2.05) is 0 Å². The normalized spacial score (nSPS) is 13.9. The Bertz CT molecular complexity index is 1820. The van der Waals surface area contributed by atoms with E-state index in [1.165, 1.54) is 212 Å². The van der Waals surface area contributed by atoms with Crippen LogP contribution in [0.1, 0.15) is 401 Å². The summed E-state index contributed by atoms with van der Waals surface area (Å²) in [5, 5.41) is 10.6. The highest BCUT2D eigenvalue weighted by molar-refractivity contribution is 7.47. The number of rotatable bonds is 76. The fraction of sp³-hybridized carbons (Fsp3) is 0.947. The molecule has 0 heterocycles. The van der Waals surface area contributed by atoms with E-state index in [9.17, 15) is 43.2 Å². The molecule has 5 atom stereocenters. The number of carbonyl (C=O) groups is 4. The Morgan fingerprint density at radius 1 is 0.284 bits per heavy atom. The number of hydrogen-bond acceptors (Lipinski definition) is 15. The second-order valence-electron chi connectivity index (χ2n) is 27.9. The largest absolute Gasteiger partial charge is 0.472 e. The van der Waals surface area contributed by atoms with Crippen LogP contribution >= 0.6 is 15.6 Å². The van der Waals surface area contributed by atoms with Crippen molar-refractivity contribution in [1.29, 1.82) is 0 Å². The quantitative estimate of drug-likeness (QED) is 0.0222. The summed E-state index contributed by atoms with van der Waals surface area (Å²) in [5.41, 5.74) is 0. The van der Waals surface area contributed by atoms with Gasteiger partial charge in [0.15, 0.2) is 12.2 Å². The van der Waals surface area contributed by atoms with E-state index < -0.39 is 97.5 Å². The minimum Gasteiger partial charge on any atom is -0.462 e. The number of ether oxygens (including phenoxy) is 4. The maximum absolute atomic E-state index is 13.1. The van der Waals surface area contributed by atoms with E-state index in [1.54, 1.807) is 0 Å². The average molecular weight is 1400 g/mol. The van der Waals surface area contributed by atoms with Crippen molar-refractivity contribution in [3.8, 4) is 0 Å². The Morgan fingerprint density at radius 3 is 0.716 bits per heavy atom. The summed E-state index contributed by atoms with van der Waals surface area (Å²) in [6.07, 6.45) is 58.5. The molecule has 2 unspecified atom stereocenters. The predicted molar refractivity (Wildman–Crippen MR) is 386 cm³/mol. The van der Waals surface area contributed by atoms with Gasteiger partial charge >= 0.3 is 39.5 Å². The maximum Gasteiger partial charge on any atom is 0.472 e. The second-order valence-corrected chi connectivity index (χ2v) is 30.8. The first-order chi connectivity index (χ1) is 46.0. The van der Waals surface area contributed by atoms with Crippen LogP contribution in [0.15, 0.2) is 0 Å². The first-order valence-corrected chi connectivity index (χ1v) is 42.6. The molecule has 0 aromatic carbocycles. The van der Waals surface area contributed by atoms with E-state index in [2.05, 4.69) is 34.6 Å². The summed E-state index contributed by atoms with van der Waals surface area (Å²) in [6.45, 7) is 7.24. The topological polar surface area (TPSA) is 237 Å². The molecule has 0 spiro atoms. The average Bonchev–Trinajstić information content (AvgIpc) is 3.73. The van der Waals surface area contributed by atoms with Crippen LogP contribution < -0.4 is 0 Å². The molecule has 0 fully saturated rings. The molecule has 0 rings (SSSR count). The lowest BCUT2D eigenvalue weighted by Gasteiger charge is -2.21. The van der Waals surface area contributed by atoms with Gasteiger partial charge in [-0.25, -0.2) is 9.13 Å². The molecule has 95 heavy (non-hydrogen) atoms. The van der Waals surface area contributed by atoms with Gasteiger partial charge in [0.2, 0.25) is 0 Å². The third-order valence-corrected chi connectivity index (χ3v) is 19.7. The number of phosphoric acid groups is 2. The van der Waals surface area contributed by atoms with Gasteiger partial charge < -0.3 is 33.8 Å². The SMILES string of the molecule is CCCCCCCCCCCCCCCCCCCCCCCC(=O)O[C@H](COC(=O)CCCCCCCCCCCCCCCC)COP(=O)(O)OC[C@@H](O)COP(=O)(O)OC[C@@H](COC(=O)CCCCCCCCC)OC(=O)CCCCCCCCCCCCC(C)C. The standard InChI is InChI=1S/C76H148O17P2/c1-6-9-12-15-18-20-22-24-26-27-28-29-30-31-32-34-36-41-46-51-56-61-75(80)93-72(66-87-74(79)60-55-50-45-40-35-33-25-23-21-19-16-13-10-7-2)68-91-95(84,85)89-64-70(77)63-88-94(82,83)90-67-71(65-86-73(78)59-54-49-43-17-14-11-8-3)92-76(81)62-57-52-47-42-38-37-39-44-48-53-58-69(4)5/h69-72,77H,6-68H2,1-5H3,(H,82,83)(H,84,85)/t70-,71+,72+/m0/s1. The van der Waals surface area contributed by atoms with Crippen molar-refractivity contribution >= 4 is 39.5 Å². The van der Waals surface area contributed by atoms with Crippen molar-refractivity contribution in [2.45, 2.75) is 419 Å². The predicted octanol–water partition coefficient (Wildman–Crippen LogP) is 22.5. The van der Waals surface area contributed by atoms with Gasteiger partial charge in [0, 0.05) is 25.7 Å². The lowest BCUT2D eigenvalue weighted by molar-refractivity contribution is -0.161. The highest BCUT2D eigenvalue weighted by Gasteiger charge is 2.30. The van der Waals surface area contributed by atoms with E-state index in [0.717, 1.165) is 109 Å². The molecule has 0 saturated carbocycles. The minimum absolute atomic E-state index is 0.106. The number of unbranched alkanes of at least 4 members (excludes halogenated alkanes) is 48. The van der Waals surface area contributed by atoms with Crippen LogP contribution in [0.2, 0.25) is 0 Å². The minimum atomic E-state index is -4.96. The summed E-state index contributed by atoms with van der Waals surface area (Å²) in [4.78, 5) is 72.6. The molecule has 0 aliphatic heterocycles. The monoisotopic (exact) mass is 1400 g/mol. The second kappa shape index (κ2) is 69.2. The number of aliphatic hydroxyl groups excluding tert-OH is 1. The number of phosphoric ester groups is 2. The zero-order chi connectivity index (χ0) is 69.8. The van der Waals surface area contributed by atoms with Gasteiger partial charge in [-0.15, -0.1) is 0 Å². The Morgan fingerprint density at radius 2 is 0.484 bits per heavy atom. The van der Waals surface area contributed by atoms with Crippen LogP contribution in [0, 0.1) is 5.92 Å². The summed E-state index contributed by atoms with van der Waals surface area (Å²) >= 11 is 0. The Kier molecular flexibility index (Phi) is 67.7. The Balaban J connectivity index is 5.16. The van der Waals surface area contributed by atoms with Crippen molar-refractivity contribution in [1.82, 2.24) is 0 Å². The van der Waals surface area contributed by atoms with Crippen LogP contribution in [-0.2, 0) is 65.4 Å². The van der Waals surface area contributed by atoms with Gasteiger partial charge in [0.05, 0.1) is 26.4 Å². The molecule has 0 bridgehead atoms. The summed E-state index contributed by atoms with van der Waals surface area (Å²) in [5.74, 6) is -1.37. The van der Waals surface area contributed by atoms with E-state index in [-0.39, 0.29) is 25.7 Å². The molecule has 0 amide bonds. The molecule has 0 aromatic rings. The number of carbonyl (C=O) groups excluding carboxylic acids is 4. The summed E-state index contributed by atoms with van der Waals surface area (Å²) in [6, 6.07) is 0. The van der Waals surface area contributed by atoms with Crippen LogP contribution in [0.3, 0.4) is 0 Å². The number of esters is 4. The van der Waals surface area contributed by atoms with Crippen LogP contribution in [0.25, 0.3) is 0 Å². The van der Waals surface area contributed by atoms with Crippen molar-refractivity contribution in [3.05, 3.63) is 0 Å². The van der Waals surface area contributed by atoms with Gasteiger partial charge in [-0.2, -0.15) is 0 Å². The van der Waals surface area contributed by atoms with Gasteiger partial charge in [0.25, 0.3) is 0 Å². The van der Waals surface area contributed by atoms with Crippen LogP contribution in [0.4, 0.5) is 0 Å². The van der Waals surface area contributed by atoms with Gasteiger partial charge in [-0.3, -0.25) is 37.3 Å². The lowest BCUT2D eigenvalue weighted by Crippen LogP contribution is -2.30. The molecule has 0 aromatic heterocycles. The third kappa shape index (κ3) is 70.3. The molecule has 3 N–H and O–H groups in total. The highest BCUT2D eigenvalue weighted by Crippen LogP contribution is 2.45. The van der Waals surface area contributed by atoms with Gasteiger partial charge in [-0.1, -0.05) is 349 Å².